The minimum Gasteiger partial charge on any atom is -0.459 e. The summed E-state index contributed by atoms with van der Waals surface area (Å²) in [7, 11) is 0. The van der Waals surface area contributed by atoms with Gasteiger partial charge in [-0.3, -0.25) is 14.4 Å². The van der Waals surface area contributed by atoms with Crippen LogP contribution < -0.4 is 10.6 Å². The molecule has 2 N–H and O–H groups in total. The number of ether oxygens (including phenoxy) is 1. The van der Waals surface area contributed by atoms with Crippen LogP contribution in [0.5, 0.6) is 0 Å². The van der Waals surface area contributed by atoms with E-state index in [-0.39, 0.29) is 29.9 Å². The maximum absolute atomic E-state index is 12.1. The van der Waals surface area contributed by atoms with Gasteiger partial charge in [0.1, 0.15) is 17.8 Å². The number of carbonyl (C=O) groups excluding carboxylic acids is 3. The molecule has 1 aliphatic rings. The molecule has 0 fully saturated rings. The third-order valence-corrected chi connectivity index (χ3v) is 2.93. The zero-order valence-corrected chi connectivity index (χ0v) is 13.1. The van der Waals surface area contributed by atoms with Crippen LogP contribution in [0.3, 0.4) is 0 Å². The topological polar surface area (TPSA) is 102 Å². The predicted molar refractivity (Wildman–Crippen MR) is 77.3 cm³/mol. The highest BCUT2D eigenvalue weighted by Crippen LogP contribution is 2.13. The van der Waals surface area contributed by atoms with Crippen molar-refractivity contribution in [2.24, 2.45) is 0 Å². The number of carbonyl (C=O) groups is 3. The van der Waals surface area contributed by atoms with Gasteiger partial charge in [-0.1, -0.05) is 0 Å². The van der Waals surface area contributed by atoms with Gasteiger partial charge in [0.2, 0.25) is 0 Å². The van der Waals surface area contributed by atoms with Crippen molar-refractivity contribution in [3.63, 3.8) is 0 Å². The van der Waals surface area contributed by atoms with Crippen molar-refractivity contribution in [2.45, 2.75) is 45.9 Å². The van der Waals surface area contributed by atoms with Gasteiger partial charge in [-0.2, -0.15) is 0 Å². The Kier molecular flexibility index (Phi) is 4.20. The monoisotopic (exact) mass is 308 g/mol. The van der Waals surface area contributed by atoms with Gasteiger partial charge in [0, 0.05) is 12.6 Å². The molecule has 0 aromatic carbocycles. The van der Waals surface area contributed by atoms with Crippen LogP contribution in [0.2, 0.25) is 0 Å². The summed E-state index contributed by atoms with van der Waals surface area (Å²) in [5.41, 5.74) is -0.404. The van der Waals surface area contributed by atoms with Crippen LogP contribution in [-0.4, -0.2) is 45.5 Å². The molecule has 1 aromatic heterocycles. The van der Waals surface area contributed by atoms with E-state index < -0.39 is 17.5 Å². The van der Waals surface area contributed by atoms with Gasteiger partial charge >= 0.3 is 5.97 Å². The van der Waals surface area contributed by atoms with Crippen molar-refractivity contribution in [3.05, 3.63) is 17.7 Å². The molecule has 120 valence electrons. The fraction of sp³-hybridized carbons (Fsp3) is 0.571. The van der Waals surface area contributed by atoms with Crippen LogP contribution in [0.4, 0.5) is 0 Å². The fourth-order valence-corrected chi connectivity index (χ4v) is 2.17. The summed E-state index contributed by atoms with van der Waals surface area (Å²) in [6.07, 6.45) is 1.45. The largest absolute Gasteiger partial charge is 0.459 e. The summed E-state index contributed by atoms with van der Waals surface area (Å²) in [6, 6.07) is -0.0214. The fourth-order valence-electron chi connectivity index (χ4n) is 2.17. The van der Waals surface area contributed by atoms with Crippen LogP contribution in [-0.2, 0) is 16.1 Å². The molecule has 1 atom stereocenters. The average Bonchev–Trinajstić information content (AvgIpc) is 2.77. The Morgan fingerprint density at radius 1 is 1.50 bits per heavy atom. The first-order chi connectivity index (χ1) is 10.2. The van der Waals surface area contributed by atoms with Gasteiger partial charge in [0.25, 0.3) is 11.8 Å². The van der Waals surface area contributed by atoms with E-state index in [0.717, 1.165) is 0 Å². The normalized spacial score (nSPS) is 17.5. The van der Waals surface area contributed by atoms with Crippen LogP contribution >= 0.6 is 0 Å². The number of esters is 1. The second-order valence-corrected chi connectivity index (χ2v) is 6.24. The van der Waals surface area contributed by atoms with Crippen molar-refractivity contribution in [2.75, 3.05) is 6.54 Å². The molecule has 0 unspecified atom stereocenters. The molecule has 2 rings (SSSR count). The summed E-state index contributed by atoms with van der Waals surface area (Å²) >= 11 is 0. The third-order valence-electron chi connectivity index (χ3n) is 2.93. The van der Waals surface area contributed by atoms with E-state index >= 15 is 0 Å². The summed E-state index contributed by atoms with van der Waals surface area (Å²) in [5.74, 6) is -1.48. The molecule has 8 nitrogen and oxygen atoms in total. The molecule has 0 aliphatic carbocycles. The molecule has 2 amide bonds. The van der Waals surface area contributed by atoms with Gasteiger partial charge in [-0.05, 0) is 27.7 Å². The van der Waals surface area contributed by atoms with Crippen molar-refractivity contribution < 1.29 is 19.1 Å². The lowest BCUT2D eigenvalue weighted by molar-refractivity contribution is -0.153. The number of rotatable bonds is 3. The number of amides is 2. The lowest BCUT2D eigenvalue weighted by Gasteiger charge is -2.22. The van der Waals surface area contributed by atoms with Crippen molar-refractivity contribution in [1.82, 2.24) is 20.2 Å². The van der Waals surface area contributed by atoms with Crippen molar-refractivity contribution >= 4 is 17.8 Å². The summed E-state index contributed by atoms with van der Waals surface area (Å²) < 4.78 is 6.73. The van der Waals surface area contributed by atoms with Gasteiger partial charge in [0.05, 0.1) is 6.33 Å². The van der Waals surface area contributed by atoms with Crippen molar-refractivity contribution in [1.29, 1.82) is 0 Å². The van der Waals surface area contributed by atoms with Crippen LogP contribution in [0.25, 0.3) is 0 Å². The quantitative estimate of drug-likeness (QED) is 0.770. The Morgan fingerprint density at radius 2 is 2.18 bits per heavy atom. The second kappa shape index (κ2) is 5.78. The molecule has 2 heterocycles. The van der Waals surface area contributed by atoms with E-state index in [0.29, 0.717) is 6.54 Å². The molecule has 1 aromatic rings. The lowest BCUT2D eigenvalue weighted by atomic mass is 10.2. The Bertz CT molecular complexity index is 615. The first kappa shape index (κ1) is 16.0. The van der Waals surface area contributed by atoms with Crippen LogP contribution in [0.1, 0.15) is 48.7 Å². The summed E-state index contributed by atoms with van der Waals surface area (Å²) in [6.45, 7) is 7.36. The first-order valence-corrected chi connectivity index (χ1v) is 7.03. The highest BCUT2D eigenvalue weighted by atomic mass is 16.6. The minimum absolute atomic E-state index is 0.00737. The maximum Gasteiger partial charge on any atom is 0.325 e. The summed E-state index contributed by atoms with van der Waals surface area (Å²) in [5, 5.41) is 5.16. The molecule has 22 heavy (non-hydrogen) atoms. The zero-order chi connectivity index (χ0) is 16.5. The number of nitrogens with one attached hydrogen (secondary N) is 2. The predicted octanol–water partition coefficient (Wildman–Crippen LogP) is 0.0865. The van der Waals surface area contributed by atoms with E-state index in [9.17, 15) is 14.4 Å². The minimum atomic E-state index is -0.620. The number of hydrogen-bond donors (Lipinski definition) is 2. The third kappa shape index (κ3) is 3.63. The zero-order valence-electron chi connectivity index (χ0n) is 13.1. The van der Waals surface area contributed by atoms with Gasteiger partial charge in [-0.25, -0.2) is 4.98 Å². The number of nitrogens with zero attached hydrogens (tertiary/aromatic N) is 2. The van der Waals surface area contributed by atoms with Crippen LogP contribution in [0.15, 0.2) is 6.33 Å². The maximum atomic E-state index is 12.1. The van der Waals surface area contributed by atoms with Crippen LogP contribution in [0, 0.1) is 0 Å². The van der Waals surface area contributed by atoms with Crippen molar-refractivity contribution in [3.8, 4) is 0 Å². The van der Waals surface area contributed by atoms with E-state index in [4.69, 9.17) is 4.74 Å². The average molecular weight is 308 g/mol. The number of hydrogen-bond acceptors (Lipinski definition) is 5. The smallest absolute Gasteiger partial charge is 0.325 e. The Hall–Kier alpha value is -2.38. The molecule has 1 aliphatic heterocycles. The Morgan fingerprint density at radius 3 is 2.82 bits per heavy atom. The number of aromatic nitrogens is 2. The molecule has 0 radical (unpaired) electrons. The van der Waals surface area contributed by atoms with Gasteiger partial charge in [0.15, 0.2) is 5.69 Å². The Labute approximate surface area is 128 Å². The van der Waals surface area contributed by atoms with E-state index in [1.807, 2.05) is 6.92 Å². The van der Waals surface area contributed by atoms with E-state index in [1.54, 1.807) is 25.3 Å². The van der Waals surface area contributed by atoms with E-state index in [1.165, 1.54) is 6.33 Å². The van der Waals surface area contributed by atoms with E-state index in [2.05, 4.69) is 15.6 Å². The standard InChI is InChI=1S/C14H20N4O4/c1-8-6-18-7-16-10(11(18)13(21)17-8)12(20)15-5-9(19)22-14(2,3)4/h7-8H,5-6H2,1-4H3,(H,15,20)(H,17,21)/t8-/m0/s1. The molecule has 8 heteroatoms. The second-order valence-electron chi connectivity index (χ2n) is 6.24. The summed E-state index contributed by atoms with van der Waals surface area (Å²) in [4.78, 5) is 39.6. The lowest BCUT2D eigenvalue weighted by Crippen LogP contribution is -2.43. The number of fused-ring (bicyclic) bond motifs is 1. The molecular weight excluding hydrogens is 288 g/mol. The first-order valence-electron chi connectivity index (χ1n) is 7.03. The molecule has 0 bridgehead atoms. The molecule has 0 saturated carbocycles. The van der Waals surface area contributed by atoms with Gasteiger partial charge < -0.3 is 19.9 Å². The number of imidazole rings is 1. The SMILES string of the molecule is C[C@H]1Cn2cnc(C(=O)NCC(=O)OC(C)(C)C)c2C(=O)N1. The Balaban J connectivity index is 2.03. The van der Waals surface area contributed by atoms with Gasteiger partial charge in [-0.15, -0.1) is 0 Å². The highest BCUT2D eigenvalue weighted by molar-refractivity contribution is 6.06. The molecular formula is C14H20N4O4. The molecule has 0 saturated heterocycles. The molecule has 0 spiro atoms. The highest BCUT2D eigenvalue weighted by Gasteiger charge is 2.29.